The third-order valence-electron chi connectivity index (χ3n) is 2.82. The molecule has 128 valence electrons. The molecule has 0 saturated heterocycles. The average molecular weight is 344 g/mol. The van der Waals surface area contributed by atoms with Crippen molar-refractivity contribution in [2.24, 2.45) is 0 Å². The maximum Gasteiger partial charge on any atom is 0.339 e. The van der Waals surface area contributed by atoms with Gasteiger partial charge in [0, 0.05) is 5.54 Å². The number of hydrogen-bond acceptors (Lipinski definition) is 5. The summed E-state index contributed by atoms with van der Waals surface area (Å²) in [5.74, 6) is -0.426. The minimum absolute atomic E-state index is 0.169. The molecule has 0 heterocycles. The van der Waals surface area contributed by atoms with Crippen molar-refractivity contribution in [1.29, 1.82) is 0 Å². The van der Waals surface area contributed by atoms with E-state index in [1.165, 1.54) is 33.3 Å². The highest BCUT2D eigenvalue weighted by Gasteiger charge is 2.24. The van der Waals surface area contributed by atoms with E-state index in [2.05, 4.69) is 5.32 Å². The Balaban J connectivity index is 2.90. The largest absolute Gasteiger partial charge is 0.493 e. The predicted octanol–water partition coefficient (Wildman–Crippen LogP) is 2.82. The van der Waals surface area contributed by atoms with Gasteiger partial charge in [0.25, 0.3) is 5.91 Å². The molecule has 7 heteroatoms. The molecule has 0 aliphatic heterocycles. The van der Waals surface area contributed by atoms with E-state index in [4.69, 9.17) is 25.8 Å². The van der Waals surface area contributed by atoms with Crippen LogP contribution in [0.5, 0.6) is 11.5 Å². The number of ether oxygens (including phenoxy) is 3. The number of carbonyl (C=O) groups excluding carboxylic acids is 2. The number of benzene rings is 1. The van der Waals surface area contributed by atoms with Crippen LogP contribution < -0.4 is 14.8 Å². The second-order valence-corrected chi connectivity index (χ2v) is 6.39. The number of esters is 1. The second-order valence-electron chi connectivity index (χ2n) is 5.98. The number of amides is 1. The SMILES string of the molecule is COc1cc(C(=O)O[C@@H](C)C(=O)NC(C)(C)C)cc(Cl)c1OC. The number of rotatable bonds is 5. The molecule has 0 aliphatic carbocycles. The van der Waals surface area contributed by atoms with E-state index in [0.717, 1.165) is 0 Å². The maximum absolute atomic E-state index is 12.2. The molecule has 0 aliphatic rings. The molecule has 0 saturated carbocycles. The fourth-order valence-electron chi connectivity index (χ4n) is 1.79. The Morgan fingerprint density at radius 3 is 2.26 bits per heavy atom. The maximum atomic E-state index is 12.2. The highest BCUT2D eigenvalue weighted by molar-refractivity contribution is 6.32. The first kappa shape index (κ1) is 19.1. The molecular formula is C16H22ClNO5. The first-order chi connectivity index (χ1) is 10.6. The number of methoxy groups -OCH3 is 2. The summed E-state index contributed by atoms with van der Waals surface area (Å²) in [5.41, 5.74) is -0.243. The monoisotopic (exact) mass is 343 g/mol. The van der Waals surface area contributed by atoms with Crippen molar-refractivity contribution in [2.75, 3.05) is 14.2 Å². The van der Waals surface area contributed by atoms with Crippen LogP contribution in [0.15, 0.2) is 12.1 Å². The molecule has 1 aromatic carbocycles. The topological polar surface area (TPSA) is 73.9 Å². The van der Waals surface area contributed by atoms with Gasteiger partial charge in [0.05, 0.1) is 24.8 Å². The average Bonchev–Trinajstić information content (AvgIpc) is 2.44. The lowest BCUT2D eigenvalue weighted by molar-refractivity contribution is -0.130. The molecule has 1 atom stereocenters. The molecule has 0 unspecified atom stereocenters. The quantitative estimate of drug-likeness (QED) is 0.832. The molecule has 1 aromatic rings. The van der Waals surface area contributed by atoms with Gasteiger partial charge in [-0.1, -0.05) is 11.6 Å². The van der Waals surface area contributed by atoms with Crippen molar-refractivity contribution in [3.05, 3.63) is 22.7 Å². The number of nitrogens with one attached hydrogen (secondary N) is 1. The minimum Gasteiger partial charge on any atom is -0.493 e. The minimum atomic E-state index is -0.936. The Hall–Kier alpha value is -1.95. The van der Waals surface area contributed by atoms with Crippen LogP contribution in [0.25, 0.3) is 0 Å². The lowest BCUT2D eigenvalue weighted by Gasteiger charge is -2.23. The van der Waals surface area contributed by atoms with E-state index in [1.807, 2.05) is 20.8 Å². The Labute approximate surface area is 141 Å². The summed E-state index contributed by atoms with van der Waals surface area (Å²) in [6.07, 6.45) is -0.936. The lowest BCUT2D eigenvalue weighted by Crippen LogP contribution is -2.46. The summed E-state index contributed by atoms with van der Waals surface area (Å²) < 4.78 is 15.4. The van der Waals surface area contributed by atoms with Crippen LogP contribution in [0, 0.1) is 0 Å². The first-order valence-corrected chi connectivity index (χ1v) is 7.41. The third-order valence-corrected chi connectivity index (χ3v) is 3.10. The number of hydrogen-bond donors (Lipinski definition) is 1. The van der Waals surface area contributed by atoms with Gasteiger partial charge >= 0.3 is 5.97 Å². The second kappa shape index (κ2) is 7.55. The van der Waals surface area contributed by atoms with Crippen LogP contribution in [-0.2, 0) is 9.53 Å². The lowest BCUT2D eigenvalue weighted by atomic mass is 10.1. The van der Waals surface area contributed by atoms with Crippen molar-refractivity contribution in [2.45, 2.75) is 39.3 Å². The highest BCUT2D eigenvalue weighted by atomic mass is 35.5. The van der Waals surface area contributed by atoms with Crippen LogP contribution in [0.1, 0.15) is 38.1 Å². The Morgan fingerprint density at radius 1 is 1.17 bits per heavy atom. The Kier molecular flexibility index (Phi) is 6.27. The fraction of sp³-hybridized carbons (Fsp3) is 0.500. The molecular weight excluding hydrogens is 322 g/mol. The van der Waals surface area contributed by atoms with E-state index in [0.29, 0.717) is 11.5 Å². The summed E-state index contributed by atoms with van der Waals surface area (Å²) in [6, 6.07) is 2.85. The molecule has 0 bridgehead atoms. The third kappa shape index (κ3) is 5.32. The molecule has 1 amide bonds. The summed E-state index contributed by atoms with van der Waals surface area (Å²) >= 11 is 6.05. The van der Waals surface area contributed by atoms with Gasteiger partial charge in [-0.2, -0.15) is 0 Å². The van der Waals surface area contributed by atoms with Crippen LogP contribution >= 0.6 is 11.6 Å². The Morgan fingerprint density at radius 2 is 1.78 bits per heavy atom. The normalized spacial score (nSPS) is 12.3. The van der Waals surface area contributed by atoms with Gasteiger partial charge in [-0.05, 0) is 39.8 Å². The van der Waals surface area contributed by atoms with Gasteiger partial charge < -0.3 is 19.5 Å². The van der Waals surface area contributed by atoms with Gasteiger partial charge in [0.2, 0.25) is 0 Å². The summed E-state index contributed by atoms with van der Waals surface area (Å²) in [6.45, 7) is 7.02. The van der Waals surface area contributed by atoms with Crippen LogP contribution in [-0.4, -0.2) is 37.7 Å². The van der Waals surface area contributed by atoms with Gasteiger partial charge in [-0.3, -0.25) is 4.79 Å². The van der Waals surface area contributed by atoms with Gasteiger partial charge in [0.1, 0.15) is 0 Å². The molecule has 0 spiro atoms. The molecule has 1 rings (SSSR count). The van der Waals surface area contributed by atoms with E-state index in [1.54, 1.807) is 0 Å². The Bertz CT molecular complexity index is 595. The molecule has 6 nitrogen and oxygen atoms in total. The van der Waals surface area contributed by atoms with Crippen molar-refractivity contribution in [1.82, 2.24) is 5.32 Å². The summed E-state index contributed by atoms with van der Waals surface area (Å²) in [5, 5.41) is 2.95. The van der Waals surface area contributed by atoms with Crippen molar-refractivity contribution >= 4 is 23.5 Å². The van der Waals surface area contributed by atoms with E-state index >= 15 is 0 Å². The van der Waals surface area contributed by atoms with Gasteiger partial charge in [-0.25, -0.2) is 4.79 Å². The number of carbonyl (C=O) groups is 2. The first-order valence-electron chi connectivity index (χ1n) is 7.03. The van der Waals surface area contributed by atoms with Crippen molar-refractivity contribution < 1.29 is 23.8 Å². The van der Waals surface area contributed by atoms with Crippen LogP contribution in [0.3, 0.4) is 0 Å². The van der Waals surface area contributed by atoms with Crippen molar-refractivity contribution in [3.63, 3.8) is 0 Å². The molecule has 1 N–H and O–H groups in total. The van der Waals surface area contributed by atoms with Gasteiger partial charge in [-0.15, -0.1) is 0 Å². The zero-order chi connectivity index (χ0) is 17.8. The van der Waals surface area contributed by atoms with E-state index < -0.39 is 17.6 Å². The zero-order valence-electron chi connectivity index (χ0n) is 14.2. The molecule has 23 heavy (non-hydrogen) atoms. The standard InChI is InChI=1S/C16H22ClNO5/c1-9(14(19)18-16(2,3)4)23-15(20)10-7-11(17)13(22-6)12(8-10)21-5/h7-9H,1-6H3,(H,18,19)/t9-/m0/s1. The van der Waals surface area contributed by atoms with Crippen LogP contribution in [0.4, 0.5) is 0 Å². The highest BCUT2D eigenvalue weighted by Crippen LogP contribution is 2.36. The predicted molar refractivity (Wildman–Crippen MR) is 87.3 cm³/mol. The summed E-state index contributed by atoms with van der Waals surface area (Å²) in [7, 11) is 2.88. The molecule has 0 aromatic heterocycles. The molecule has 0 fully saturated rings. The van der Waals surface area contributed by atoms with Gasteiger partial charge in [0.15, 0.2) is 17.6 Å². The zero-order valence-corrected chi connectivity index (χ0v) is 14.9. The summed E-state index contributed by atoms with van der Waals surface area (Å²) in [4.78, 5) is 24.1. The van der Waals surface area contributed by atoms with E-state index in [-0.39, 0.29) is 16.5 Å². The number of halogens is 1. The van der Waals surface area contributed by atoms with E-state index in [9.17, 15) is 9.59 Å². The van der Waals surface area contributed by atoms with Crippen LogP contribution in [0.2, 0.25) is 5.02 Å². The smallest absolute Gasteiger partial charge is 0.339 e. The van der Waals surface area contributed by atoms with Crippen molar-refractivity contribution in [3.8, 4) is 11.5 Å². The fourth-order valence-corrected chi connectivity index (χ4v) is 2.08. The molecule has 0 radical (unpaired) electrons.